The number of guanidine groups is 1. The van der Waals surface area contributed by atoms with Crippen molar-refractivity contribution in [2.75, 3.05) is 64.7 Å². The Morgan fingerprint density at radius 1 is 1.04 bits per heavy atom. The van der Waals surface area contributed by atoms with Gasteiger partial charge in [-0.15, -0.1) is 5.10 Å². The number of nitrogens with two attached hydrogens (primary N) is 3. The van der Waals surface area contributed by atoms with Gasteiger partial charge in [-0.3, -0.25) is 15.0 Å². The van der Waals surface area contributed by atoms with Crippen LogP contribution < -0.4 is 27.3 Å². The van der Waals surface area contributed by atoms with Crippen LogP contribution in [0.4, 0.5) is 11.6 Å². The number of halogens is 1. The number of aliphatic imine (C=N–C) groups is 1. The fraction of sp³-hybridized carbons (Fsp3) is 0.500. The molecule has 0 spiro atoms. The molecule has 0 aliphatic carbocycles. The highest BCUT2D eigenvalue weighted by Crippen LogP contribution is 2.20. The Kier molecular flexibility index (Phi) is 13.1. The Bertz CT molecular complexity index is 1400. The predicted molar refractivity (Wildman–Crippen MR) is 168 cm³/mol. The van der Waals surface area contributed by atoms with Gasteiger partial charge < -0.3 is 36.1 Å². The van der Waals surface area contributed by atoms with Crippen LogP contribution in [0.15, 0.2) is 35.5 Å². The van der Waals surface area contributed by atoms with E-state index in [1.165, 1.54) is 5.56 Å². The summed E-state index contributed by atoms with van der Waals surface area (Å²) in [7, 11) is 1.64. The Hall–Kier alpha value is -4.09. The van der Waals surface area contributed by atoms with Gasteiger partial charge in [-0.25, -0.2) is 19.6 Å². The lowest BCUT2D eigenvalue weighted by Crippen LogP contribution is -2.40. The van der Waals surface area contributed by atoms with Crippen LogP contribution in [-0.2, 0) is 33.9 Å². The second-order valence-corrected chi connectivity index (χ2v) is 10.6. The van der Waals surface area contributed by atoms with Crippen molar-refractivity contribution in [2.24, 2.45) is 10.7 Å². The van der Waals surface area contributed by atoms with E-state index in [9.17, 15) is 4.79 Å². The second kappa shape index (κ2) is 17.4. The summed E-state index contributed by atoms with van der Waals surface area (Å²) in [5.41, 5.74) is 19.0. The van der Waals surface area contributed by atoms with Crippen LogP contribution >= 0.6 is 11.6 Å². The van der Waals surface area contributed by atoms with Gasteiger partial charge >= 0.3 is 0 Å². The highest BCUT2D eigenvalue weighted by Gasteiger charge is 2.21. The van der Waals surface area contributed by atoms with Gasteiger partial charge in [0.1, 0.15) is 18.1 Å². The van der Waals surface area contributed by atoms with Crippen molar-refractivity contribution in [2.45, 2.75) is 38.6 Å². The van der Waals surface area contributed by atoms with Crippen molar-refractivity contribution in [1.82, 2.24) is 35.2 Å². The van der Waals surface area contributed by atoms with Gasteiger partial charge in [0.25, 0.3) is 5.91 Å². The molecule has 2 aromatic heterocycles. The number of ether oxygens (including phenoxy) is 4. The van der Waals surface area contributed by atoms with Gasteiger partial charge in [-0.1, -0.05) is 28.9 Å². The number of aromatic nitrogens is 5. The summed E-state index contributed by atoms with van der Waals surface area (Å²) in [5.74, 6) is -0.124. The minimum absolute atomic E-state index is 0.0182. The van der Waals surface area contributed by atoms with Gasteiger partial charge in [0.2, 0.25) is 0 Å². The molecule has 0 radical (unpaired) electrons. The lowest BCUT2D eigenvalue weighted by atomic mass is 10.0. The van der Waals surface area contributed by atoms with Crippen molar-refractivity contribution >= 4 is 35.1 Å². The first-order chi connectivity index (χ1) is 21.8. The van der Waals surface area contributed by atoms with E-state index in [-0.39, 0.29) is 34.5 Å². The van der Waals surface area contributed by atoms with Crippen LogP contribution in [-0.4, -0.2) is 101 Å². The molecule has 0 unspecified atom stereocenters. The number of benzene rings is 1. The van der Waals surface area contributed by atoms with E-state index >= 15 is 0 Å². The van der Waals surface area contributed by atoms with Crippen LogP contribution in [0.25, 0.3) is 0 Å². The third-order valence-corrected chi connectivity index (χ3v) is 7.09. The average molecular weight is 646 g/mol. The summed E-state index contributed by atoms with van der Waals surface area (Å²) in [6.45, 7) is 6.08. The molecule has 0 saturated carbocycles. The number of rotatable bonds is 16. The molecule has 1 amide bonds. The molecule has 0 atom stereocenters. The third-order valence-electron chi connectivity index (χ3n) is 6.81. The van der Waals surface area contributed by atoms with E-state index in [1.54, 1.807) is 11.8 Å². The van der Waals surface area contributed by atoms with Crippen molar-refractivity contribution in [3.05, 3.63) is 52.6 Å². The highest BCUT2D eigenvalue weighted by atomic mass is 35.5. The summed E-state index contributed by atoms with van der Waals surface area (Å²) in [6, 6.07) is 7.99. The van der Waals surface area contributed by atoms with E-state index in [0.717, 1.165) is 43.9 Å². The first-order valence-electron chi connectivity index (χ1n) is 14.5. The lowest BCUT2D eigenvalue weighted by molar-refractivity contribution is 0.0224. The summed E-state index contributed by atoms with van der Waals surface area (Å²) >= 11 is 5.85. The number of nitrogens with one attached hydrogen (secondary N) is 1. The molecular weight excluding hydrogens is 606 g/mol. The molecule has 3 heterocycles. The van der Waals surface area contributed by atoms with E-state index in [1.807, 2.05) is 18.3 Å². The number of carbonyl (C=O) groups is 1. The first-order valence-corrected chi connectivity index (χ1v) is 14.9. The number of methoxy groups -OCH3 is 1. The van der Waals surface area contributed by atoms with Crippen LogP contribution in [0.1, 0.15) is 34.6 Å². The summed E-state index contributed by atoms with van der Waals surface area (Å²) in [4.78, 5) is 26.9. The molecule has 7 N–H and O–H groups in total. The topological polar surface area (TPSA) is 216 Å². The largest absolute Gasteiger partial charge is 0.487 e. The minimum atomic E-state index is -0.656. The van der Waals surface area contributed by atoms with Gasteiger partial charge in [0.15, 0.2) is 28.4 Å². The van der Waals surface area contributed by atoms with Crippen LogP contribution in [0.3, 0.4) is 0 Å². The number of likely N-dealkylation sites (tertiary alicyclic amines) is 1. The SMILES string of the molecule is COCCOCCOCCn1cc(COc2ccc(CN3CCC(N=C(N)NC(=O)c4nc(Cl)c(N)nc4N)CC3)cc2)nn1. The maximum absolute atomic E-state index is 12.5. The maximum atomic E-state index is 12.5. The zero-order valence-corrected chi connectivity index (χ0v) is 26.0. The Morgan fingerprint density at radius 3 is 2.49 bits per heavy atom. The fourth-order valence-corrected chi connectivity index (χ4v) is 4.59. The monoisotopic (exact) mass is 645 g/mol. The quantitative estimate of drug-likeness (QED) is 0.0966. The Balaban J connectivity index is 1.12. The fourth-order valence-electron chi connectivity index (χ4n) is 4.46. The number of carbonyl (C=O) groups excluding carboxylic acids is 1. The molecule has 1 saturated heterocycles. The Labute approximate surface area is 266 Å². The number of nitrogen functional groups attached to an aromatic ring is 2. The van der Waals surface area contributed by atoms with Crippen molar-refractivity contribution in [3.63, 3.8) is 0 Å². The van der Waals surface area contributed by atoms with Gasteiger partial charge in [0, 0.05) is 26.7 Å². The molecular formula is C28H40ClN11O5. The van der Waals surface area contributed by atoms with Gasteiger partial charge in [-0.05, 0) is 30.5 Å². The molecule has 1 aromatic carbocycles. The molecule has 1 aliphatic heterocycles. The molecule has 3 aromatic rings. The molecule has 4 rings (SSSR count). The zero-order valence-electron chi connectivity index (χ0n) is 25.2. The van der Waals surface area contributed by atoms with E-state index < -0.39 is 5.91 Å². The maximum Gasteiger partial charge on any atom is 0.280 e. The number of hydrogen-bond donors (Lipinski definition) is 4. The third kappa shape index (κ3) is 11.1. The lowest BCUT2D eigenvalue weighted by Gasteiger charge is -2.30. The van der Waals surface area contributed by atoms with Crippen LogP contribution in [0.5, 0.6) is 5.75 Å². The molecule has 1 aliphatic rings. The molecule has 16 nitrogen and oxygen atoms in total. The first kappa shape index (κ1) is 33.8. The van der Waals surface area contributed by atoms with Crippen LogP contribution in [0, 0.1) is 0 Å². The summed E-state index contributed by atoms with van der Waals surface area (Å²) in [6.07, 6.45) is 3.44. The smallest absolute Gasteiger partial charge is 0.280 e. The predicted octanol–water partition coefficient (Wildman–Crippen LogP) is 0.854. The van der Waals surface area contributed by atoms with Gasteiger partial charge in [-0.2, -0.15) is 0 Å². The molecule has 45 heavy (non-hydrogen) atoms. The molecule has 244 valence electrons. The number of nitrogens with zero attached hydrogens (tertiary/aromatic N) is 7. The summed E-state index contributed by atoms with van der Waals surface area (Å²) in [5, 5.41) is 10.7. The van der Waals surface area contributed by atoms with E-state index in [2.05, 4.69) is 47.6 Å². The second-order valence-electron chi connectivity index (χ2n) is 10.2. The van der Waals surface area contributed by atoms with E-state index in [4.69, 9.17) is 47.7 Å². The number of hydrogen-bond acceptors (Lipinski definition) is 13. The van der Waals surface area contributed by atoms with E-state index in [0.29, 0.717) is 46.2 Å². The highest BCUT2D eigenvalue weighted by molar-refractivity contribution is 6.31. The average Bonchev–Trinajstić information content (AvgIpc) is 3.48. The Morgan fingerprint density at radius 2 is 1.76 bits per heavy atom. The summed E-state index contributed by atoms with van der Waals surface area (Å²) < 4.78 is 23.5. The normalized spacial score (nSPS) is 14.5. The van der Waals surface area contributed by atoms with Crippen molar-refractivity contribution < 1.29 is 23.7 Å². The number of anilines is 2. The standard InChI is InChI=1S/C28H40ClN11O5/c1-42-12-13-44-15-14-43-11-10-40-17-21(37-38-40)18-45-22-4-2-19(3-5-22)16-39-8-6-20(7-9-39)33-28(32)36-27(41)23-25(30)35-26(31)24(29)34-23/h2-5,17,20H,6-16,18H2,1H3,(H4,30,31,35)(H3,32,33,36,41). The zero-order chi connectivity index (χ0) is 32.0. The van der Waals surface area contributed by atoms with Crippen LogP contribution in [0.2, 0.25) is 5.15 Å². The number of piperidine rings is 1. The molecule has 0 bridgehead atoms. The van der Waals surface area contributed by atoms with Crippen molar-refractivity contribution in [3.8, 4) is 5.75 Å². The molecule has 1 fully saturated rings. The minimum Gasteiger partial charge on any atom is -0.487 e. The number of amides is 1. The van der Waals surface area contributed by atoms with Crippen molar-refractivity contribution in [1.29, 1.82) is 0 Å². The molecule has 17 heteroatoms. The van der Waals surface area contributed by atoms with Gasteiger partial charge in [0.05, 0.1) is 51.8 Å².